The number of likely N-dealkylation sites (N-methyl/N-ethyl adjacent to an activating group) is 1. The van der Waals surface area contributed by atoms with Crippen LogP contribution in [0.2, 0.25) is 0 Å². The van der Waals surface area contributed by atoms with Crippen LogP contribution in [0.1, 0.15) is 181 Å². The summed E-state index contributed by atoms with van der Waals surface area (Å²) in [7, 11) is 1.53. The Balaban J connectivity index is 4.05. The minimum absolute atomic E-state index is 0.0484. The van der Waals surface area contributed by atoms with Crippen molar-refractivity contribution in [3.05, 3.63) is 109 Å². The van der Waals surface area contributed by atoms with Gasteiger partial charge in [-0.05, 0) is 90.4 Å². The molecule has 3 N–H and O–H groups in total. The fourth-order valence-electron chi connectivity index (χ4n) is 6.61. The summed E-state index contributed by atoms with van der Waals surface area (Å²) in [5.74, 6) is -0.200. The summed E-state index contributed by atoms with van der Waals surface area (Å²) < 4.78 is 23.5. The monoisotopic (exact) mass is 912 g/mol. The van der Waals surface area contributed by atoms with E-state index in [0.29, 0.717) is 17.4 Å². The summed E-state index contributed by atoms with van der Waals surface area (Å²) in [5.41, 5.74) is 0. The summed E-state index contributed by atoms with van der Waals surface area (Å²) in [6.07, 6.45) is 66.4. The summed E-state index contributed by atoms with van der Waals surface area (Å²) in [5, 5.41) is 13.7. The van der Waals surface area contributed by atoms with Crippen molar-refractivity contribution in [2.24, 2.45) is 0 Å². The number of hydrogen-bond donors (Lipinski definition) is 3. The average molecular weight is 912 g/mol. The Morgan fingerprint density at radius 3 is 1.44 bits per heavy atom. The normalized spacial score (nSPS) is 15.0. The van der Waals surface area contributed by atoms with Crippen molar-refractivity contribution in [3.8, 4) is 0 Å². The molecule has 0 fully saturated rings. The Labute approximate surface area is 393 Å². The first-order chi connectivity index (χ1) is 31.0. The first-order valence-electron chi connectivity index (χ1n) is 25.2. The fraction of sp³-hybridized carbons (Fsp3) is 0.655. The third kappa shape index (κ3) is 47.1. The van der Waals surface area contributed by atoms with E-state index in [0.717, 1.165) is 83.5 Å². The molecule has 9 heteroatoms. The summed E-state index contributed by atoms with van der Waals surface area (Å²) >= 11 is 0. The van der Waals surface area contributed by atoms with Gasteiger partial charge in [0, 0.05) is 6.42 Å². The Morgan fingerprint density at radius 2 is 0.969 bits per heavy atom. The van der Waals surface area contributed by atoms with Gasteiger partial charge in [-0.3, -0.25) is 13.8 Å². The van der Waals surface area contributed by atoms with Crippen molar-refractivity contribution in [2.75, 3.05) is 40.9 Å². The highest BCUT2D eigenvalue weighted by molar-refractivity contribution is 7.47. The van der Waals surface area contributed by atoms with E-state index < -0.39 is 20.0 Å². The molecule has 0 heterocycles. The van der Waals surface area contributed by atoms with Crippen molar-refractivity contribution < 1.29 is 32.9 Å². The highest BCUT2D eigenvalue weighted by Gasteiger charge is 2.27. The van der Waals surface area contributed by atoms with Crippen LogP contribution in [0.3, 0.4) is 0 Å². The second kappa shape index (κ2) is 45.3. The number of aliphatic hydroxyl groups excluding tert-OH is 1. The van der Waals surface area contributed by atoms with Crippen LogP contribution in [0, 0.1) is 0 Å². The Morgan fingerprint density at radius 1 is 0.562 bits per heavy atom. The van der Waals surface area contributed by atoms with E-state index in [1.807, 2.05) is 40.2 Å². The topological polar surface area (TPSA) is 105 Å². The van der Waals surface area contributed by atoms with Crippen molar-refractivity contribution in [2.45, 2.75) is 193 Å². The molecule has 0 aliphatic rings. The molecular weight excluding hydrogens is 816 g/mol. The summed E-state index contributed by atoms with van der Waals surface area (Å²) in [4.78, 5) is 23.1. The Hall–Kier alpha value is -2.84. The number of allylic oxidation sites excluding steroid dienone is 17. The number of phosphoric ester groups is 1. The number of nitrogens with one attached hydrogen (secondary N) is 1. The van der Waals surface area contributed by atoms with E-state index in [9.17, 15) is 19.4 Å². The van der Waals surface area contributed by atoms with Crippen LogP contribution in [-0.2, 0) is 18.4 Å². The van der Waals surface area contributed by atoms with Crippen LogP contribution in [0.4, 0.5) is 0 Å². The molecule has 0 aliphatic carbocycles. The van der Waals surface area contributed by atoms with Crippen LogP contribution >= 0.6 is 7.82 Å². The quantitative estimate of drug-likeness (QED) is 0.0243. The van der Waals surface area contributed by atoms with Gasteiger partial charge in [-0.15, -0.1) is 0 Å². The van der Waals surface area contributed by atoms with E-state index in [1.165, 1.54) is 77.0 Å². The number of unbranched alkanes of at least 4 members (excludes halogenated alkanes) is 16. The highest BCUT2D eigenvalue weighted by atomic mass is 31.2. The molecule has 0 aromatic carbocycles. The van der Waals surface area contributed by atoms with Gasteiger partial charge < -0.3 is 19.8 Å². The van der Waals surface area contributed by atoms with Crippen LogP contribution in [-0.4, -0.2) is 73.4 Å². The molecule has 1 amide bonds. The molecule has 3 atom stereocenters. The number of aliphatic hydroxyl groups is 1. The van der Waals surface area contributed by atoms with Gasteiger partial charge in [0.15, 0.2) is 0 Å². The van der Waals surface area contributed by atoms with E-state index in [2.05, 4.69) is 103 Å². The standard InChI is InChI=1S/C55H95N2O6P/c1-6-8-10-12-14-16-17-18-19-20-21-22-23-24-25-26-27-28-29-30-31-32-33-34-35-36-37-38-39-41-43-45-47-49-55(59)56-53(52-63-64(60,61)62-51-50-57(3,4)5)54(58)48-46-44-42-40-15-13-11-9-7-2/h7-10,14-16,18-19,21-22,24-25,27-28,40,46,48,53-54,58H,6,11-13,17,20,23,26,29-39,41-45,47,49-52H2,1-5H3,(H-,56,59,60,61)/p+1/b9-7+,10-8-,16-14-,19-18-,22-21-,25-24-,28-27-,40-15+,48-46+. The Kier molecular flexibility index (Phi) is 43.3. The van der Waals surface area contributed by atoms with Crippen molar-refractivity contribution in [1.29, 1.82) is 0 Å². The van der Waals surface area contributed by atoms with Gasteiger partial charge in [-0.25, -0.2) is 4.57 Å². The maximum atomic E-state index is 12.9. The summed E-state index contributed by atoms with van der Waals surface area (Å²) in [6, 6.07) is -0.874. The molecule has 3 unspecified atom stereocenters. The van der Waals surface area contributed by atoms with E-state index in [-0.39, 0.29) is 19.1 Å². The zero-order chi connectivity index (χ0) is 47.1. The van der Waals surface area contributed by atoms with Gasteiger partial charge in [-0.2, -0.15) is 0 Å². The predicted molar refractivity (Wildman–Crippen MR) is 276 cm³/mol. The molecular formula is C55H96N2O6P+. The largest absolute Gasteiger partial charge is 0.472 e. The van der Waals surface area contributed by atoms with Gasteiger partial charge in [0.25, 0.3) is 0 Å². The number of quaternary nitrogens is 1. The molecule has 8 nitrogen and oxygen atoms in total. The molecule has 0 aromatic heterocycles. The van der Waals surface area contributed by atoms with Gasteiger partial charge in [0.05, 0.1) is 39.9 Å². The highest BCUT2D eigenvalue weighted by Crippen LogP contribution is 2.43. The number of rotatable bonds is 44. The average Bonchev–Trinajstić information content (AvgIpc) is 3.25. The Bertz CT molecular complexity index is 1400. The molecule has 0 saturated carbocycles. The predicted octanol–water partition coefficient (Wildman–Crippen LogP) is 14.9. The van der Waals surface area contributed by atoms with Gasteiger partial charge in [0.1, 0.15) is 13.2 Å². The minimum Gasteiger partial charge on any atom is -0.387 e. The minimum atomic E-state index is -4.35. The number of hydrogen-bond acceptors (Lipinski definition) is 5. The maximum absolute atomic E-state index is 12.9. The molecule has 0 aromatic rings. The lowest BCUT2D eigenvalue weighted by Crippen LogP contribution is -2.45. The maximum Gasteiger partial charge on any atom is 0.472 e. The first kappa shape index (κ1) is 61.2. The number of nitrogens with zero attached hydrogens (tertiary/aromatic N) is 1. The van der Waals surface area contributed by atoms with Crippen LogP contribution in [0.25, 0.3) is 0 Å². The SMILES string of the molecule is C/C=C/CC/C=C/CC/C=C/C(O)C(COP(=O)(O)OCC[N+](C)(C)C)NC(=O)CCCCCCCCCCCCCCCC/C=C\C/C=C\C/C=C\C/C=C\C/C=C\C/C=C\CC. The molecule has 0 bridgehead atoms. The second-order valence-corrected chi connectivity index (χ2v) is 19.3. The van der Waals surface area contributed by atoms with Gasteiger partial charge >= 0.3 is 7.82 Å². The lowest BCUT2D eigenvalue weighted by atomic mass is 10.0. The van der Waals surface area contributed by atoms with Crippen molar-refractivity contribution >= 4 is 13.7 Å². The van der Waals surface area contributed by atoms with E-state index >= 15 is 0 Å². The van der Waals surface area contributed by atoms with Gasteiger partial charge in [-0.1, -0.05) is 193 Å². The lowest BCUT2D eigenvalue weighted by molar-refractivity contribution is -0.870. The van der Waals surface area contributed by atoms with Crippen molar-refractivity contribution in [1.82, 2.24) is 5.32 Å². The molecule has 0 spiro atoms. The van der Waals surface area contributed by atoms with E-state index in [4.69, 9.17) is 9.05 Å². The first-order valence-corrected chi connectivity index (χ1v) is 26.7. The number of phosphoric acid groups is 1. The lowest BCUT2D eigenvalue weighted by Gasteiger charge is -2.25. The number of amides is 1. The van der Waals surface area contributed by atoms with E-state index in [1.54, 1.807) is 6.08 Å². The third-order valence-electron chi connectivity index (χ3n) is 10.5. The van der Waals surface area contributed by atoms with Crippen LogP contribution in [0.5, 0.6) is 0 Å². The molecule has 0 rings (SSSR count). The third-order valence-corrected chi connectivity index (χ3v) is 11.5. The molecule has 64 heavy (non-hydrogen) atoms. The van der Waals surface area contributed by atoms with Crippen LogP contribution < -0.4 is 5.32 Å². The second-order valence-electron chi connectivity index (χ2n) is 17.8. The molecule has 366 valence electrons. The fourth-order valence-corrected chi connectivity index (χ4v) is 7.35. The molecule has 0 saturated heterocycles. The zero-order valence-corrected chi connectivity index (χ0v) is 42.4. The molecule has 0 aliphatic heterocycles. The smallest absolute Gasteiger partial charge is 0.387 e. The number of carbonyl (C=O) groups is 1. The van der Waals surface area contributed by atoms with Crippen LogP contribution in [0.15, 0.2) is 109 Å². The zero-order valence-electron chi connectivity index (χ0n) is 41.5. The van der Waals surface area contributed by atoms with Crippen molar-refractivity contribution in [3.63, 3.8) is 0 Å². The summed E-state index contributed by atoms with van der Waals surface area (Å²) in [6.45, 7) is 4.41. The molecule has 0 radical (unpaired) electrons. The van der Waals surface area contributed by atoms with Gasteiger partial charge in [0.2, 0.25) is 5.91 Å². The number of carbonyl (C=O) groups excluding carboxylic acids is 1.